The Morgan fingerprint density at radius 2 is 1.94 bits per heavy atom. The Morgan fingerprint density at radius 3 is 2.72 bits per heavy atom. The zero-order valence-corrected chi connectivity index (χ0v) is 10.1. The number of benzene rings is 1. The number of nitrogens with one attached hydrogen (secondary N) is 1. The van der Waals surface area contributed by atoms with Crippen LogP contribution in [0.2, 0.25) is 0 Å². The van der Waals surface area contributed by atoms with Gasteiger partial charge in [-0.1, -0.05) is 0 Å². The van der Waals surface area contributed by atoms with Crippen molar-refractivity contribution in [3.63, 3.8) is 0 Å². The van der Waals surface area contributed by atoms with E-state index in [1.165, 1.54) is 6.42 Å². The highest BCUT2D eigenvalue weighted by atomic mass is 16.1. The third kappa shape index (κ3) is 1.50. The molecular formula is C15H15NO2. The van der Waals surface area contributed by atoms with E-state index >= 15 is 0 Å². The number of carbonyl (C=O) groups excluding carboxylic acids is 2. The molecule has 2 unspecified atom stereocenters. The van der Waals surface area contributed by atoms with Gasteiger partial charge in [0, 0.05) is 17.2 Å². The summed E-state index contributed by atoms with van der Waals surface area (Å²) in [5, 5.41) is 2.80. The molecular weight excluding hydrogens is 226 g/mol. The molecule has 2 saturated carbocycles. The van der Waals surface area contributed by atoms with Gasteiger partial charge in [0.15, 0.2) is 5.78 Å². The molecule has 4 rings (SSSR count). The van der Waals surface area contributed by atoms with Crippen LogP contribution in [-0.2, 0) is 11.2 Å². The van der Waals surface area contributed by atoms with Gasteiger partial charge in [-0.2, -0.15) is 0 Å². The molecule has 0 radical (unpaired) electrons. The second kappa shape index (κ2) is 3.44. The zero-order chi connectivity index (χ0) is 12.3. The van der Waals surface area contributed by atoms with Crippen LogP contribution in [0.25, 0.3) is 0 Å². The molecule has 0 bridgehead atoms. The van der Waals surface area contributed by atoms with Crippen molar-refractivity contribution in [3.8, 4) is 0 Å². The molecule has 1 heterocycles. The van der Waals surface area contributed by atoms with Gasteiger partial charge >= 0.3 is 0 Å². The van der Waals surface area contributed by atoms with Gasteiger partial charge < -0.3 is 5.32 Å². The smallest absolute Gasteiger partial charge is 0.228 e. The fourth-order valence-electron chi connectivity index (χ4n) is 3.55. The van der Waals surface area contributed by atoms with E-state index in [1.54, 1.807) is 0 Å². The van der Waals surface area contributed by atoms with Crippen LogP contribution < -0.4 is 5.32 Å². The largest absolute Gasteiger partial charge is 0.326 e. The fourth-order valence-corrected chi connectivity index (χ4v) is 3.55. The molecule has 2 fully saturated rings. The second-order valence-electron chi connectivity index (χ2n) is 5.89. The molecule has 0 saturated heterocycles. The molecule has 18 heavy (non-hydrogen) atoms. The summed E-state index contributed by atoms with van der Waals surface area (Å²) in [6.45, 7) is 0. The Morgan fingerprint density at radius 1 is 1.17 bits per heavy atom. The van der Waals surface area contributed by atoms with E-state index in [0.717, 1.165) is 41.5 Å². The predicted octanol–water partition coefficient (Wildman–Crippen LogP) is 2.41. The summed E-state index contributed by atoms with van der Waals surface area (Å²) in [5.74, 6) is 2.20. The maximum absolute atomic E-state index is 12.4. The number of rotatable bonds is 2. The van der Waals surface area contributed by atoms with Crippen molar-refractivity contribution < 1.29 is 9.59 Å². The lowest BCUT2D eigenvalue weighted by atomic mass is 9.92. The summed E-state index contributed by atoms with van der Waals surface area (Å²) >= 11 is 0. The van der Waals surface area contributed by atoms with Crippen LogP contribution in [0.1, 0.15) is 35.2 Å². The number of hydrogen-bond donors (Lipinski definition) is 1. The maximum atomic E-state index is 12.4. The predicted molar refractivity (Wildman–Crippen MR) is 67.4 cm³/mol. The zero-order valence-electron chi connectivity index (χ0n) is 10.1. The molecule has 1 aromatic rings. The van der Waals surface area contributed by atoms with Crippen molar-refractivity contribution in [2.45, 2.75) is 25.7 Å². The lowest BCUT2D eigenvalue weighted by Crippen LogP contribution is -2.13. The summed E-state index contributed by atoms with van der Waals surface area (Å²) < 4.78 is 0. The number of anilines is 1. The summed E-state index contributed by atoms with van der Waals surface area (Å²) in [5.41, 5.74) is 2.62. The average Bonchev–Trinajstić information content (AvgIpc) is 2.82. The second-order valence-corrected chi connectivity index (χ2v) is 5.89. The first kappa shape index (κ1) is 10.3. The van der Waals surface area contributed by atoms with Crippen molar-refractivity contribution in [1.29, 1.82) is 0 Å². The topological polar surface area (TPSA) is 46.2 Å². The lowest BCUT2D eigenvalue weighted by molar-refractivity contribution is -0.115. The van der Waals surface area contributed by atoms with Crippen LogP contribution >= 0.6 is 0 Å². The first-order valence-electron chi connectivity index (χ1n) is 6.67. The molecule has 3 nitrogen and oxygen atoms in total. The highest BCUT2D eigenvalue weighted by Crippen LogP contribution is 2.55. The number of fused-ring (bicyclic) bond motifs is 2. The molecule has 3 heteroatoms. The number of carbonyl (C=O) groups is 2. The molecule has 3 aliphatic rings. The Labute approximate surface area is 106 Å². The van der Waals surface area contributed by atoms with E-state index in [9.17, 15) is 9.59 Å². The van der Waals surface area contributed by atoms with Gasteiger partial charge in [0.25, 0.3) is 0 Å². The summed E-state index contributed by atoms with van der Waals surface area (Å²) in [4.78, 5) is 23.7. The van der Waals surface area contributed by atoms with Crippen molar-refractivity contribution in [2.75, 3.05) is 5.32 Å². The summed E-state index contributed by atoms with van der Waals surface area (Å²) in [6, 6.07) is 5.62. The minimum atomic E-state index is 0.0247. The van der Waals surface area contributed by atoms with E-state index in [1.807, 2.05) is 18.2 Å². The van der Waals surface area contributed by atoms with Gasteiger partial charge in [-0.3, -0.25) is 9.59 Å². The standard InChI is InChI=1S/C15H15NO2/c17-14-7-11-3-8(1-2-13(11)16-14)15(18)12-5-9-4-10(9)6-12/h1-3,9-10,12H,4-7H2,(H,16,17). The van der Waals surface area contributed by atoms with Crippen molar-refractivity contribution in [1.82, 2.24) is 0 Å². The van der Waals surface area contributed by atoms with Crippen LogP contribution in [0.3, 0.4) is 0 Å². The van der Waals surface area contributed by atoms with Gasteiger partial charge in [0.2, 0.25) is 5.91 Å². The molecule has 92 valence electrons. The number of Topliss-reactive ketones (excluding diaryl/α,β-unsaturated/α-hetero) is 1. The number of amides is 1. The highest BCUT2D eigenvalue weighted by Gasteiger charge is 2.48. The molecule has 2 aliphatic carbocycles. The van der Waals surface area contributed by atoms with Crippen LogP contribution in [0.5, 0.6) is 0 Å². The Balaban J connectivity index is 1.59. The van der Waals surface area contributed by atoms with E-state index in [-0.39, 0.29) is 17.6 Å². The Bertz CT molecular complexity index is 554. The first-order valence-corrected chi connectivity index (χ1v) is 6.67. The Hall–Kier alpha value is -1.64. The SMILES string of the molecule is O=C1Cc2cc(C(=O)C3CC4CC4C3)ccc2N1. The minimum Gasteiger partial charge on any atom is -0.326 e. The maximum Gasteiger partial charge on any atom is 0.228 e. The van der Waals surface area contributed by atoms with Gasteiger partial charge in [-0.05, 0) is 54.9 Å². The van der Waals surface area contributed by atoms with Crippen LogP contribution in [-0.4, -0.2) is 11.7 Å². The van der Waals surface area contributed by atoms with Crippen LogP contribution in [0.4, 0.5) is 5.69 Å². The molecule has 2 atom stereocenters. The fraction of sp³-hybridized carbons (Fsp3) is 0.467. The van der Waals surface area contributed by atoms with E-state index in [2.05, 4.69) is 5.32 Å². The number of ketones is 1. The quantitative estimate of drug-likeness (QED) is 0.808. The van der Waals surface area contributed by atoms with Gasteiger partial charge in [0.1, 0.15) is 0 Å². The van der Waals surface area contributed by atoms with Gasteiger partial charge in [-0.25, -0.2) is 0 Å². The van der Waals surface area contributed by atoms with E-state index in [4.69, 9.17) is 0 Å². The monoisotopic (exact) mass is 241 g/mol. The van der Waals surface area contributed by atoms with E-state index < -0.39 is 0 Å². The van der Waals surface area contributed by atoms with E-state index in [0.29, 0.717) is 6.42 Å². The molecule has 1 amide bonds. The number of hydrogen-bond acceptors (Lipinski definition) is 2. The van der Waals surface area contributed by atoms with Crippen LogP contribution in [0.15, 0.2) is 18.2 Å². The van der Waals surface area contributed by atoms with Crippen molar-refractivity contribution >= 4 is 17.4 Å². The lowest BCUT2D eigenvalue weighted by Gasteiger charge is -2.11. The van der Waals surface area contributed by atoms with Crippen LogP contribution in [0, 0.1) is 17.8 Å². The first-order chi connectivity index (χ1) is 8.70. The summed E-state index contributed by atoms with van der Waals surface area (Å²) in [6.07, 6.45) is 3.91. The summed E-state index contributed by atoms with van der Waals surface area (Å²) in [7, 11) is 0. The third-order valence-electron chi connectivity index (χ3n) is 4.63. The molecule has 1 N–H and O–H groups in total. The van der Waals surface area contributed by atoms with Crippen molar-refractivity contribution in [2.24, 2.45) is 17.8 Å². The minimum absolute atomic E-state index is 0.0247. The molecule has 0 aromatic heterocycles. The van der Waals surface area contributed by atoms with Gasteiger partial charge in [0.05, 0.1) is 6.42 Å². The molecule has 1 aliphatic heterocycles. The Kier molecular flexibility index (Phi) is 1.97. The average molecular weight is 241 g/mol. The third-order valence-corrected chi connectivity index (χ3v) is 4.63. The highest BCUT2D eigenvalue weighted by molar-refractivity contribution is 6.03. The molecule has 1 aromatic carbocycles. The van der Waals surface area contributed by atoms with Crippen molar-refractivity contribution in [3.05, 3.63) is 29.3 Å². The molecule has 0 spiro atoms. The van der Waals surface area contributed by atoms with Gasteiger partial charge in [-0.15, -0.1) is 0 Å². The normalized spacial score (nSPS) is 31.8.